The van der Waals surface area contributed by atoms with E-state index in [4.69, 9.17) is 4.74 Å². The minimum atomic E-state index is -0.0480. The molecule has 2 rings (SSSR count). The molecule has 0 aliphatic carbocycles. The molecule has 1 heterocycles. The summed E-state index contributed by atoms with van der Waals surface area (Å²) in [6, 6.07) is 7.39. The van der Waals surface area contributed by atoms with Crippen LogP contribution in [0.5, 0.6) is 5.75 Å². The Hall–Kier alpha value is -1.56. The van der Waals surface area contributed by atoms with Crippen LogP contribution in [0, 0.1) is 0 Å². The van der Waals surface area contributed by atoms with E-state index in [9.17, 15) is 9.59 Å². The smallest absolute Gasteiger partial charge is 0.260 e. The molecule has 6 heteroatoms. The second-order valence-electron chi connectivity index (χ2n) is 4.63. The lowest BCUT2D eigenvalue weighted by Crippen LogP contribution is -2.51. The minimum absolute atomic E-state index is 0.0243. The minimum Gasteiger partial charge on any atom is -0.484 e. The summed E-state index contributed by atoms with van der Waals surface area (Å²) < 4.78 is 6.39. The Morgan fingerprint density at radius 3 is 2.45 bits per heavy atom. The molecular weight excluding hydrogens is 324 g/mol. The normalized spacial score (nSPS) is 15.1. The summed E-state index contributed by atoms with van der Waals surface area (Å²) in [4.78, 5) is 26.7. The molecule has 0 bridgehead atoms. The van der Waals surface area contributed by atoms with Gasteiger partial charge in [0.05, 0.1) is 0 Å². The lowest BCUT2D eigenvalue weighted by molar-refractivity contribution is -0.139. The fourth-order valence-electron chi connectivity index (χ4n) is 2.06. The number of hydrogen-bond acceptors (Lipinski definition) is 3. The number of amides is 2. The van der Waals surface area contributed by atoms with E-state index < -0.39 is 0 Å². The van der Waals surface area contributed by atoms with E-state index in [1.54, 1.807) is 16.7 Å². The monoisotopic (exact) mass is 340 g/mol. The van der Waals surface area contributed by atoms with E-state index in [1.165, 1.54) is 0 Å². The van der Waals surface area contributed by atoms with E-state index in [1.807, 2.05) is 24.3 Å². The number of halogens is 1. The molecule has 1 saturated heterocycles. The van der Waals surface area contributed by atoms with E-state index in [0.29, 0.717) is 31.9 Å². The van der Waals surface area contributed by atoms with E-state index in [0.717, 1.165) is 4.47 Å². The predicted octanol–water partition coefficient (Wildman–Crippen LogP) is 1.52. The second-order valence-corrected chi connectivity index (χ2v) is 5.55. The number of rotatable bonds is 3. The van der Waals surface area contributed by atoms with Gasteiger partial charge in [0.25, 0.3) is 5.91 Å². The maximum absolute atomic E-state index is 12.0. The molecule has 0 atom stereocenters. The molecule has 0 spiro atoms. The largest absolute Gasteiger partial charge is 0.484 e. The van der Waals surface area contributed by atoms with Crippen LogP contribution in [0.1, 0.15) is 6.92 Å². The van der Waals surface area contributed by atoms with Crippen LogP contribution in [-0.2, 0) is 9.59 Å². The highest BCUT2D eigenvalue weighted by Gasteiger charge is 2.22. The molecular formula is C14H17BrN2O3. The third kappa shape index (κ3) is 3.96. The Balaban J connectivity index is 1.80. The van der Waals surface area contributed by atoms with Crippen molar-refractivity contribution in [1.82, 2.24) is 9.80 Å². The van der Waals surface area contributed by atoms with Gasteiger partial charge in [-0.25, -0.2) is 0 Å². The third-order valence-electron chi connectivity index (χ3n) is 3.24. The van der Waals surface area contributed by atoms with Gasteiger partial charge in [-0.2, -0.15) is 0 Å². The Morgan fingerprint density at radius 1 is 1.20 bits per heavy atom. The van der Waals surface area contributed by atoms with Crippen LogP contribution >= 0.6 is 15.9 Å². The van der Waals surface area contributed by atoms with Crippen LogP contribution < -0.4 is 4.74 Å². The number of carbonyl (C=O) groups is 2. The molecule has 1 aromatic rings. The first-order valence-electron chi connectivity index (χ1n) is 6.48. The Morgan fingerprint density at radius 2 is 1.85 bits per heavy atom. The van der Waals surface area contributed by atoms with E-state index in [2.05, 4.69) is 15.9 Å². The first-order valence-corrected chi connectivity index (χ1v) is 7.27. The van der Waals surface area contributed by atoms with Crippen LogP contribution in [-0.4, -0.2) is 54.4 Å². The number of carbonyl (C=O) groups excluding carboxylic acids is 2. The molecule has 5 nitrogen and oxygen atoms in total. The van der Waals surface area contributed by atoms with Gasteiger partial charge in [0.2, 0.25) is 5.91 Å². The topological polar surface area (TPSA) is 49.9 Å². The predicted molar refractivity (Wildman–Crippen MR) is 78.5 cm³/mol. The highest BCUT2D eigenvalue weighted by Crippen LogP contribution is 2.17. The third-order valence-corrected chi connectivity index (χ3v) is 3.73. The summed E-state index contributed by atoms with van der Waals surface area (Å²) in [5.41, 5.74) is 0. The van der Waals surface area contributed by atoms with Gasteiger partial charge in [-0.15, -0.1) is 0 Å². The van der Waals surface area contributed by atoms with Gasteiger partial charge in [-0.1, -0.05) is 22.0 Å². The van der Waals surface area contributed by atoms with E-state index >= 15 is 0 Å². The van der Waals surface area contributed by atoms with Crippen molar-refractivity contribution in [2.45, 2.75) is 6.92 Å². The van der Waals surface area contributed by atoms with Crippen molar-refractivity contribution in [2.24, 2.45) is 0 Å². The quantitative estimate of drug-likeness (QED) is 0.838. The molecule has 1 aliphatic heterocycles. The number of benzene rings is 1. The Bertz CT molecular complexity index is 499. The van der Waals surface area contributed by atoms with Gasteiger partial charge in [0, 0.05) is 37.6 Å². The van der Waals surface area contributed by atoms with Crippen molar-refractivity contribution in [1.29, 1.82) is 0 Å². The highest BCUT2D eigenvalue weighted by molar-refractivity contribution is 9.10. The second kappa shape index (κ2) is 6.74. The van der Waals surface area contributed by atoms with E-state index in [-0.39, 0.29) is 18.4 Å². The number of hydrogen-bond donors (Lipinski definition) is 0. The van der Waals surface area contributed by atoms with Crippen LogP contribution in [0.3, 0.4) is 0 Å². The maximum Gasteiger partial charge on any atom is 0.260 e. The Labute approximate surface area is 126 Å². The highest BCUT2D eigenvalue weighted by atomic mass is 79.9. The number of ether oxygens (including phenoxy) is 1. The fourth-order valence-corrected chi connectivity index (χ4v) is 2.44. The first-order chi connectivity index (χ1) is 9.56. The summed E-state index contributed by atoms with van der Waals surface area (Å²) >= 11 is 3.35. The number of piperazine rings is 1. The lowest BCUT2D eigenvalue weighted by atomic mass is 10.3. The van der Waals surface area contributed by atoms with Crippen molar-refractivity contribution < 1.29 is 14.3 Å². The molecule has 108 valence electrons. The van der Waals surface area contributed by atoms with Gasteiger partial charge in [-0.05, 0) is 18.2 Å². The average Bonchev–Trinajstić information content (AvgIpc) is 2.45. The molecule has 0 aromatic heterocycles. The van der Waals surface area contributed by atoms with Crippen molar-refractivity contribution in [3.8, 4) is 5.75 Å². The van der Waals surface area contributed by atoms with Gasteiger partial charge >= 0.3 is 0 Å². The number of nitrogens with zero attached hydrogens (tertiary/aromatic N) is 2. The Kier molecular flexibility index (Phi) is 5.00. The zero-order chi connectivity index (χ0) is 14.5. The van der Waals surface area contributed by atoms with Crippen LogP contribution in [0.4, 0.5) is 0 Å². The average molecular weight is 341 g/mol. The molecule has 0 N–H and O–H groups in total. The van der Waals surface area contributed by atoms with Crippen LogP contribution in [0.25, 0.3) is 0 Å². The molecule has 1 fully saturated rings. The van der Waals surface area contributed by atoms with Crippen molar-refractivity contribution in [2.75, 3.05) is 32.8 Å². The summed E-state index contributed by atoms with van der Waals surface area (Å²) in [7, 11) is 0. The van der Waals surface area contributed by atoms with Gasteiger partial charge in [0.15, 0.2) is 6.61 Å². The summed E-state index contributed by atoms with van der Waals surface area (Å²) in [5.74, 6) is 0.672. The molecule has 1 aromatic carbocycles. The molecule has 0 unspecified atom stereocenters. The summed E-state index contributed by atoms with van der Waals surface area (Å²) in [6.07, 6.45) is 0. The molecule has 1 aliphatic rings. The van der Waals surface area contributed by atoms with Crippen molar-refractivity contribution >= 4 is 27.7 Å². The van der Waals surface area contributed by atoms with Gasteiger partial charge in [-0.3, -0.25) is 9.59 Å². The zero-order valence-corrected chi connectivity index (χ0v) is 12.9. The summed E-state index contributed by atoms with van der Waals surface area (Å²) in [6.45, 7) is 3.90. The van der Waals surface area contributed by atoms with Crippen LogP contribution in [0.15, 0.2) is 28.7 Å². The van der Waals surface area contributed by atoms with Crippen molar-refractivity contribution in [3.63, 3.8) is 0 Å². The zero-order valence-electron chi connectivity index (χ0n) is 11.3. The van der Waals surface area contributed by atoms with Gasteiger partial charge < -0.3 is 14.5 Å². The lowest BCUT2D eigenvalue weighted by Gasteiger charge is -2.34. The molecule has 0 radical (unpaired) electrons. The molecule has 2 amide bonds. The van der Waals surface area contributed by atoms with Crippen LogP contribution in [0.2, 0.25) is 0 Å². The van der Waals surface area contributed by atoms with Gasteiger partial charge in [0.1, 0.15) is 5.75 Å². The standard InChI is InChI=1S/C14H17BrN2O3/c1-11(18)16-5-7-17(8-6-16)14(19)10-20-13-4-2-3-12(15)9-13/h2-4,9H,5-8,10H2,1H3. The maximum atomic E-state index is 12.0. The first kappa shape index (κ1) is 14.8. The fraction of sp³-hybridized carbons (Fsp3) is 0.429. The molecule has 0 saturated carbocycles. The molecule has 20 heavy (non-hydrogen) atoms. The van der Waals surface area contributed by atoms with Crippen molar-refractivity contribution in [3.05, 3.63) is 28.7 Å². The summed E-state index contributed by atoms with van der Waals surface area (Å²) in [5, 5.41) is 0. The SMILES string of the molecule is CC(=O)N1CCN(C(=O)COc2cccc(Br)c2)CC1.